The standard InChI is InChI=1S/C16H23N3O/c1-2-8-19-10-13-4-3-5-15(14(13)11-19)18-16(20)12-6-7-17-9-12/h3-5,12,17H,2,6-11H2,1H3,(H,18,20). The van der Waals surface area contributed by atoms with Gasteiger partial charge in [-0.3, -0.25) is 9.69 Å². The minimum absolute atomic E-state index is 0.124. The molecule has 1 amide bonds. The molecule has 108 valence electrons. The predicted octanol–water partition coefficient (Wildman–Crippen LogP) is 1.96. The van der Waals surface area contributed by atoms with E-state index in [1.807, 2.05) is 6.07 Å². The van der Waals surface area contributed by atoms with Crippen LogP contribution in [-0.2, 0) is 17.9 Å². The van der Waals surface area contributed by atoms with Gasteiger partial charge in [-0.05, 0) is 43.1 Å². The Kier molecular flexibility index (Phi) is 4.03. The quantitative estimate of drug-likeness (QED) is 0.881. The lowest BCUT2D eigenvalue weighted by molar-refractivity contribution is -0.119. The highest BCUT2D eigenvalue weighted by Gasteiger charge is 2.25. The van der Waals surface area contributed by atoms with E-state index in [4.69, 9.17) is 0 Å². The molecule has 2 N–H and O–H groups in total. The van der Waals surface area contributed by atoms with Crippen molar-refractivity contribution in [2.45, 2.75) is 32.9 Å². The molecule has 1 aromatic rings. The summed E-state index contributed by atoms with van der Waals surface area (Å²) >= 11 is 0. The number of amides is 1. The number of carbonyl (C=O) groups excluding carboxylic acids is 1. The van der Waals surface area contributed by atoms with E-state index in [0.717, 1.165) is 44.8 Å². The lowest BCUT2D eigenvalue weighted by Crippen LogP contribution is -2.25. The third-order valence-electron chi connectivity index (χ3n) is 4.28. The molecular formula is C16H23N3O. The number of nitrogens with one attached hydrogen (secondary N) is 2. The average molecular weight is 273 g/mol. The molecule has 20 heavy (non-hydrogen) atoms. The normalized spacial score (nSPS) is 21.9. The number of nitrogens with zero attached hydrogens (tertiary/aromatic N) is 1. The van der Waals surface area contributed by atoms with Crippen LogP contribution in [0, 0.1) is 5.92 Å². The molecule has 1 unspecified atom stereocenters. The van der Waals surface area contributed by atoms with Gasteiger partial charge in [0.1, 0.15) is 0 Å². The van der Waals surface area contributed by atoms with Gasteiger partial charge in [-0.1, -0.05) is 19.1 Å². The van der Waals surface area contributed by atoms with E-state index >= 15 is 0 Å². The van der Waals surface area contributed by atoms with Crippen LogP contribution in [0.5, 0.6) is 0 Å². The molecular weight excluding hydrogens is 250 g/mol. The first kappa shape index (κ1) is 13.6. The van der Waals surface area contributed by atoms with Gasteiger partial charge in [0.05, 0.1) is 5.92 Å². The average Bonchev–Trinajstić information content (AvgIpc) is 3.08. The molecule has 1 aromatic carbocycles. The van der Waals surface area contributed by atoms with Crippen LogP contribution in [0.1, 0.15) is 30.9 Å². The van der Waals surface area contributed by atoms with Gasteiger partial charge >= 0.3 is 0 Å². The van der Waals surface area contributed by atoms with Gasteiger partial charge in [0.2, 0.25) is 5.91 Å². The first-order valence-electron chi connectivity index (χ1n) is 7.62. The first-order valence-corrected chi connectivity index (χ1v) is 7.62. The van der Waals surface area contributed by atoms with Gasteiger partial charge in [-0.25, -0.2) is 0 Å². The molecule has 1 fully saturated rings. The van der Waals surface area contributed by atoms with Crippen molar-refractivity contribution in [3.8, 4) is 0 Å². The third-order valence-corrected chi connectivity index (χ3v) is 4.28. The Hall–Kier alpha value is -1.39. The van der Waals surface area contributed by atoms with Crippen molar-refractivity contribution in [2.75, 3.05) is 25.0 Å². The van der Waals surface area contributed by atoms with Gasteiger partial charge in [0.15, 0.2) is 0 Å². The molecule has 3 rings (SSSR count). The van der Waals surface area contributed by atoms with Gasteiger partial charge in [0.25, 0.3) is 0 Å². The number of hydrogen-bond donors (Lipinski definition) is 2. The number of fused-ring (bicyclic) bond motifs is 1. The van der Waals surface area contributed by atoms with E-state index in [2.05, 4.69) is 34.6 Å². The van der Waals surface area contributed by atoms with Crippen molar-refractivity contribution < 1.29 is 4.79 Å². The van der Waals surface area contributed by atoms with Crippen molar-refractivity contribution in [1.82, 2.24) is 10.2 Å². The second kappa shape index (κ2) is 5.94. The van der Waals surface area contributed by atoms with Gasteiger partial charge in [-0.2, -0.15) is 0 Å². The summed E-state index contributed by atoms with van der Waals surface area (Å²) in [6.45, 7) is 7.06. The van der Waals surface area contributed by atoms with Gasteiger partial charge in [-0.15, -0.1) is 0 Å². The van der Waals surface area contributed by atoms with Gasteiger partial charge < -0.3 is 10.6 Å². The van der Waals surface area contributed by atoms with E-state index in [1.54, 1.807) is 0 Å². The van der Waals surface area contributed by atoms with Crippen LogP contribution in [0.2, 0.25) is 0 Å². The fraction of sp³-hybridized carbons (Fsp3) is 0.562. The highest BCUT2D eigenvalue weighted by molar-refractivity contribution is 5.93. The number of anilines is 1. The summed E-state index contributed by atoms with van der Waals surface area (Å²) in [4.78, 5) is 14.7. The lowest BCUT2D eigenvalue weighted by atomic mass is 10.1. The van der Waals surface area contributed by atoms with Gasteiger partial charge in [0, 0.05) is 25.3 Å². The highest BCUT2D eigenvalue weighted by Crippen LogP contribution is 2.29. The van der Waals surface area contributed by atoms with Crippen molar-refractivity contribution >= 4 is 11.6 Å². The summed E-state index contributed by atoms with van der Waals surface area (Å²) in [5.74, 6) is 0.288. The van der Waals surface area contributed by atoms with Crippen LogP contribution in [0.4, 0.5) is 5.69 Å². The van der Waals surface area contributed by atoms with E-state index in [9.17, 15) is 4.79 Å². The topological polar surface area (TPSA) is 44.4 Å². The summed E-state index contributed by atoms with van der Waals surface area (Å²) in [5.41, 5.74) is 3.68. The number of carbonyl (C=O) groups is 1. The maximum atomic E-state index is 12.3. The van der Waals surface area contributed by atoms with E-state index in [1.165, 1.54) is 17.5 Å². The molecule has 0 bridgehead atoms. The molecule has 2 aliphatic heterocycles. The molecule has 1 saturated heterocycles. The second-order valence-electron chi connectivity index (χ2n) is 5.83. The zero-order valence-electron chi connectivity index (χ0n) is 12.1. The SMILES string of the molecule is CCCN1Cc2cccc(NC(=O)C3CCNC3)c2C1. The van der Waals surface area contributed by atoms with E-state index in [0.29, 0.717) is 0 Å². The smallest absolute Gasteiger partial charge is 0.228 e. The van der Waals surface area contributed by atoms with Crippen molar-refractivity contribution in [2.24, 2.45) is 5.92 Å². The molecule has 0 spiro atoms. The van der Waals surface area contributed by atoms with E-state index < -0.39 is 0 Å². The lowest BCUT2D eigenvalue weighted by Gasteiger charge is -2.14. The largest absolute Gasteiger partial charge is 0.325 e. The summed E-state index contributed by atoms with van der Waals surface area (Å²) in [6.07, 6.45) is 2.12. The molecule has 2 heterocycles. The van der Waals surface area contributed by atoms with Crippen LogP contribution in [0.3, 0.4) is 0 Å². The minimum Gasteiger partial charge on any atom is -0.325 e. The van der Waals surface area contributed by atoms with Crippen molar-refractivity contribution in [3.05, 3.63) is 29.3 Å². The van der Waals surface area contributed by atoms with Crippen molar-refractivity contribution in [3.63, 3.8) is 0 Å². The molecule has 0 radical (unpaired) electrons. The molecule has 0 saturated carbocycles. The predicted molar refractivity (Wildman–Crippen MR) is 80.5 cm³/mol. The number of rotatable bonds is 4. The maximum absolute atomic E-state index is 12.3. The number of hydrogen-bond acceptors (Lipinski definition) is 3. The Morgan fingerprint density at radius 2 is 2.35 bits per heavy atom. The highest BCUT2D eigenvalue weighted by atomic mass is 16.1. The molecule has 4 heteroatoms. The monoisotopic (exact) mass is 273 g/mol. The fourth-order valence-electron chi connectivity index (χ4n) is 3.19. The zero-order chi connectivity index (χ0) is 13.9. The Morgan fingerprint density at radius 1 is 1.45 bits per heavy atom. The van der Waals surface area contributed by atoms with Crippen LogP contribution in [-0.4, -0.2) is 30.4 Å². The number of benzene rings is 1. The molecule has 1 atom stereocenters. The van der Waals surface area contributed by atoms with Crippen LogP contribution in [0.15, 0.2) is 18.2 Å². The maximum Gasteiger partial charge on any atom is 0.228 e. The Labute approximate surface area is 120 Å². The summed E-state index contributed by atoms with van der Waals surface area (Å²) < 4.78 is 0. The zero-order valence-corrected chi connectivity index (χ0v) is 12.1. The summed E-state index contributed by atoms with van der Waals surface area (Å²) in [6, 6.07) is 6.27. The van der Waals surface area contributed by atoms with Crippen LogP contribution in [0.25, 0.3) is 0 Å². The first-order chi connectivity index (χ1) is 9.78. The Morgan fingerprint density at radius 3 is 3.10 bits per heavy atom. The molecule has 2 aliphatic rings. The van der Waals surface area contributed by atoms with E-state index in [-0.39, 0.29) is 11.8 Å². The van der Waals surface area contributed by atoms with Crippen LogP contribution >= 0.6 is 0 Å². The summed E-state index contributed by atoms with van der Waals surface area (Å²) in [7, 11) is 0. The molecule has 0 aromatic heterocycles. The van der Waals surface area contributed by atoms with Crippen molar-refractivity contribution in [1.29, 1.82) is 0 Å². The third kappa shape index (κ3) is 2.72. The van der Waals surface area contributed by atoms with Crippen LogP contribution < -0.4 is 10.6 Å². The second-order valence-corrected chi connectivity index (χ2v) is 5.83. The molecule has 0 aliphatic carbocycles. The fourth-order valence-corrected chi connectivity index (χ4v) is 3.19. The molecule has 4 nitrogen and oxygen atoms in total. The minimum atomic E-state index is 0.124. The Balaban J connectivity index is 1.72. The Bertz CT molecular complexity index is 494. The summed E-state index contributed by atoms with van der Waals surface area (Å²) in [5, 5.41) is 6.39.